The number of fused-ring (bicyclic) bond motifs is 1. The second kappa shape index (κ2) is 8.57. The zero-order valence-electron chi connectivity index (χ0n) is 15.6. The average Bonchev–Trinajstić information content (AvgIpc) is 3.00. The first kappa shape index (κ1) is 20.1. The number of aromatic nitrogens is 2. The van der Waals surface area contributed by atoms with Crippen LogP contribution in [0.1, 0.15) is 17.0 Å². The molecular formula is C18H21ClFN5O3. The number of carbonyl (C=O) groups excluding carboxylic acids is 2. The molecule has 0 atom stereocenters. The van der Waals surface area contributed by atoms with Gasteiger partial charge in [-0.05, 0) is 25.1 Å². The Morgan fingerprint density at radius 1 is 1.50 bits per heavy atom. The molecule has 0 spiro atoms. The van der Waals surface area contributed by atoms with Crippen LogP contribution in [0.3, 0.4) is 0 Å². The summed E-state index contributed by atoms with van der Waals surface area (Å²) in [4.78, 5) is 30.0. The molecule has 150 valence electrons. The lowest BCUT2D eigenvalue weighted by atomic mass is 10.1. The zero-order chi connectivity index (χ0) is 20.3. The lowest BCUT2D eigenvalue weighted by Crippen LogP contribution is -2.38. The number of hydrogen-bond acceptors (Lipinski definition) is 4. The van der Waals surface area contributed by atoms with Gasteiger partial charge in [-0.15, -0.1) is 0 Å². The van der Waals surface area contributed by atoms with Gasteiger partial charge >= 0.3 is 6.03 Å². The highest BCUT2D eigenvalue weighted by Gasteiger charge is 2.26. The van der Waals surface area contributed by atoms with E-state index in [0.29, 0.717) is 44.8 Å². The predicted molar refractivity (Wildman–Crippen MR) is 101 cm³/mol. The maximum atomic E-state index is 13.3. The number of nitrogens with one attached hydrogen (secondary N) is 1. The predicted octanol–water partition coefficient (Wildman–Crippen LogP) is 2.59. The van der Waals surface area contributed by atoms with Crippen LogP contribution >= 0.6 is 11.6 Å². The van der Waals surface area contributed by atoms with Gasteiger partial charge in [0.1, 0.15) is 5.82 Å². The van der Waals surface area contributed by atoms with E-state index in [1.54, 1.807) is 4.90 Å². The first-order chi connectivity index (χ1) is 13.4. The molecule has 2 aromatic rings. The fourth-order valence-corrected chi connectivity index (χ4v) is 3.21. The lowest BCUT2D eigenvalue weighted by Gasteiger charge is -2.27. The summed E-state index contributed by atoms with van der Waals surface area (Å²) in [6.45, 7) is 3.70. The number of carbonyl (C=O) groups is 2. The number of benzene rings is 1. The van der Waals surface area contributed by atoms with Gasteiger partial charge in [0, 0.05) is 37.0 Å². The minimum atomic E-state index is -0.534. The summed E-state index contributed by atoms with van der Waals surface area (Å²) >= 11 is 5.76. The van der Waals surface area contributed by atoms with E-state index in [0.717, 1.165) is 22.0 Å². The van der Waals surface area contributed by atoms with Crippen LogP contribution in [0.5, 0.6) is 0 Å². The Labute approximate surface area is 166 Å². The summed E-state index contributed by atoms with van der Waals surface area (Å²) in [5.41, 5.74) is 3.35. The maximum Gasteiger partial charge on any atom is 0.322 e. The molecule has 0 aliphatic carbocycles. The van der Waals surface area contributed by atoms with Crippen LogP contribution in [0.4, 0.5) is 14.9 Å². The van der Waals surface area contributed by atoms with Crippen molar-refractivity contribution in [1.82, 2.24) is 19.7 Å². The Morgan fingerprint density at radius 2 is 2.29 bits per heavy atom. The molecule has 1 aromatic carbocycles. The number of hydrogen-bond donors (Lipinski definition) is 1. The van der Waals surface area contributed by atoms with E-state index >= 15 is 0 Å². The molecule has 0 radical (unpaired) electrons. The molecule has 0 saturated carbocycles. The zero-order valence-corrected chi connectivity index (χ0v) is 16.4. The van der Waals surface area contributed by atoms with Crippen LogP contribution in [-0.4, -0.2) is 52.4 Å². The van der Waals surface area contributed by atoms with Crippen molar-refractivity contribution < 1.29 is 18.8 Å². The van der Waals surface area contributed by atoms with E-state index in [4.69, 9.17) is 16.4 Å². The largest absolute Gasteiger partial charge is 0.322 e. The number of anilines is 1. The summed E-state index contributed by atoms with van der Waals surface area (Å²) < 4.78 is 15.1. The van der Waals surface area contributed by atoms with Gasteiger partial charge in [-0.25, -0.2) is 14.2 Å². The van der Waals surface area contributed by atoms with E-state index < -0.39 is 5.82 Å². The second-order valence-electron chi connectivity index (χ2n) is 6.45. The van der Waals surface area contributed by atoms with Crippen LogP contribution < -0.4 is 5.32 Å². The molecule has 2 heterocycles. The van der Waals surface area contributed by atoms with Crippen LogP contribution in [0.15, 0.2) is 18.2 Å². The van der Waals surface area contributed by atoms with Crippen molar-refractivity contribution in [1.29, 1.82) is 0 Å². The lowest BCUT2D eigenvalue weighted by molar-refractivity contribution is -0.164. The highest BCUT2D eigenvalue weighted by molar-refractivity contribution is 6.31. The van der Waals surface area contributed by atoms with Gasteiger partial charge in [-0.2, -0.15) is 5.10 Å². The highest BCUT2D eigenvalue weighted by atomic mass is 35.5. The Morgan fingerprint density at radius 3 is 3.00 bits per heavy atom. The van der Waals surface area contributed by atoms with Crippen LogP contribution in [0.25, 0.3) is 0 Å². The minimum absolute atomic E-state index is 0.0432. The molecule has 1 N–H and O–H groups in total. The molecule has 0 fully saturated rings. The Balaban J connectivity index is 1.64. The van der Waals surface area contributed by atoms with E-state index in [1.165, 1.54) is 25.2 Å². The maximum absolute atomic E-state index is 13.3. The normalized spacial score (nSPS) is 13.2. The molecule has 28 heavy (non-hydrogen) atoms. The molecule has 0 bridgehead atoms. The third-order valence-corrected chi connectivity index (χ3v) is 4.88. The Kier molecular flexibility index (Phi) is 6.15. The van der Waals surface area contributed by atoms with Crippen molar-refractivity contribution in [3.05, 3.63) is 46.0 Å². The van der Waals surface area contributed by atoms with Crippen LogP contribution in [0, 0.1) is 12.7 Å². The third-order valence-electron chi connectivity index (χ3n) is 4.59. The van der Waals surface area contributed by atoms with E-state index in [-0.39, 0.29) is 11.1 Å². The van der Waals surface area contributed by atoms with Gasteiger partial charge in [-0.1, -0.05) is 11.6 Å². The van der Waals surface area contributed by atoms with Crippen molar-refractivity contribution >= 4 is 29.7 Å². The van der Waals surface area contributed by atoms with Gasteiger partial charge in [-0.3, -0.25) is 14.3 Å². The SMILES string of the molecule is Cc1c2c(nn1CCON(C)C=O)CCN(C(=O)Nc1ccc(F)c(Cl)c1)C2. The number of nitrogens with zero attached hydrogens (tertiary/aromatic N) is 4. The smallest absolute Gasteiger partial charge is 0.320 e. The average molecular weight is 410 g/mol. The number of rotatable bonds is 6. The van der Waals surface area contributed by atoms with E-state index in [1.807, 2.05) is 11.6 Å². The monoisotopic (exact) mass is 409 g/mol. The topological polar surface area (TPSA) is 79.7 Å². The first-order valence-electron chi connectivity index (χ1n) is 8.76. The molecule has 10 heteroatoms. The molecule has 0 unspecified atom stereocenters. The van der Waals surface area contributed by atoms with Crippen LogP contribution in [0.2, 0.25) is 5.02 Å². The summed E-state index contributed by atoms with van der Waals surface area (Å²) in [6, 6.07) is 3.78. The summed E-state index contributed by atoms with van der Waals surface area (Å²) in [6.07, 6.45) is 1.22. The quantitative estimate of drug-likeness (QED) is 0.587. The molecule has 3 rings (SSSR count). The Bertz CT molecular complexity index is 888. The number of urea groups is 1. The van der Waals surface area contributed by atoms with Crippen LogP contribution in [-0.2, 0) is 29.1 Å². The molecule has 0 saturated heterocycles. The van der Waals surface area contributed by atoms with Gasteiger partial charge in [0.25, 0.3) is 0 Å². The fraction of sp³-hybridized carbons (Fsp3) is 0.389. The molecule has 1 aliphatic rings. The van der Waals surface area contributed by atoms with Gasteiger partial charge < -0.3 is 10.2 Å². The van der Waals surface area contributed by atoms with Gasteiger partial charge in [0.2, 0.25) is 6.41 Å². The molecular weight excluding hydrogens is 389 g/mol. The number of hydroxylamine groups is 2. The van der Waals surface area contributed by atoms with Crippen molar-refractivity contribution in [2.24, 2.45) is 0 Å². The number of amides is 3. The second-order valence-corrected chi connectivity index (χ2v) is 6.86. The van der Waals surface area contributed by atoms with E-state index in [9.17, 15) is 14.0 Å². The first-order valence-corrected chi connectivity index (χ1v) is 9.14. The van der Waals surface area contributed by atoms with Crippen molar-refractivity contribution in [2.45, 2.75) is 26.4 Å². The molecule has 1 aromatic heterocycles. The molecule has 1 aliphatic heterocycles. The molecule has 3 amide bonds. The molecule has 8 nitrogen and oxygen atoms in total. The fourth-order valence-electron chi connectivity index (χ4n) is 3.03. The number of halogens is 2. The third kappa shape index (κ3) is 4.42. The van der Waals surface area contributed by atoms with Gasteiger partial charge in [0.05, 0.1) is 30.4 Å². The summed E-state index contributed by atoms with van der Waals surface area (Å²) in [5.74, 6) is -0.534. The van der Waals surface area contributed by atoms with Crippen molar-refractivity contribution in [2.75, 3.05) is 25.5 Å². The summed E-state index contributed by atoms with van der Waals surface area (Å²) in [7, 11) is 1.53. The summed E-state index contributed by atoms with van der Waals surface area (Å²) in [5, 5.41) is 8.38. The minimum Gasteiger partial charge on any atom is -0.320 e. The standard InChI is InChI=1S/C18H21ClFN5O3/c1-12-14-10-24(18(27)21-13-3-4-16(20)15(19)9-13)6-5-17(14)22-25(12)7-8-28-23(2)11-26/h3-4,9,11H,5-8,10H2,1-2H3,(H,21,27). The van der Waals surface area contributed by atoms with Crippen molar-refractivity contribution in [3.63, 3.8) is 0 Å². The van der Waals surface area contributed by atoms with E-state index in [2.05, 4.69) is 10.4 Å². The van der Waals surface area contributed by atoms with Crippen molar-refractivity contribution in [3.8, 4) is 0 Å². The Hall–Kier alpha value is -2.65. The van der Waals surface area contributed by atoms with Gasteiger partial charge in [0.15, 0.2) is 0 Å². The highest BCUT2D eigenvalue weighted by Crippen LogP contribution is 2.24.